The molecule has 0 N–H and O–H groups in total. The maximum absolute atomic E-state index is 7.11. The first-order chi connectivity index (χ1) is 11.4. The highest BCUT2D eigenvalue weighted by atomic mass is 14.0. The zero-order valence-electron chi connectivity index (χ0n) is 16.8. The van der Waals surface area contributed by atoms with E-state index in [9.17, 15) is 0 Å². The molecule has 0 bridgehead atoms. The van der Waals surface area contributed by atoms with Crippen molar-refractivity contribution < 1.29 is 1.37 Å². The Morgan fingerprint density at radius 3 is 0.818 bits per heavy atom. The summed E-state index contributed by atoms with van der Waals surface area (Å²) in [5.74, 6) is 0. The molecule has 0 nitrogen and oxygen atoms in total. The lowest BCUT2D eigenvalue weighted by Crippen LogP contribution is -1.84. The van der Waals surface area contributed by atoms with Crippen LogP contribution >= 0.6 is 0 Å². The van der Waals surface area contributed by atoms with Crippen LogP contribution in [0.25, 0.3) is 0 Å². The number of hydrogen-bond donors (Lipinski definition) is 0. The second kappa shape index (κ2) is 21.0. The lowest BCUT2D eigenvalue weighted by atomic mass is 10.0. The van der Waals surface area contributed by atoms with Crippen LogP contribution in [0.5, 0.6) is 0 Å². The van der Waals surface area contributed by atoms with Gasteiger partial charge in [0.1, 0.15) is 0 Å². The Hall–Kier alpha value is 0. The van der Waals surface area contributed by atoms with Crippen molar-refractivity contribution in [2.24, 2.45) is 0 Å². The second-order valence-corrected chi connectivity index (χ2v) is 7.22. The van der Waals surface area contributed by atoms with Gasteiger partial charge in [-0.05, 0) is 0 Å². The Kier molecular flexibility index (Phi) is 19.1. The van der Waals surface area contributed by atoms with E-state index in [1.807, 2.05) is 0 Å². The van der Waals surface area contributed by atoms with Crippen LogP contribution in [-0.2, 0) is 0 Å². The Bertz CT molecular complexity index is 170. The summed E-state index contributed by atoms with van der Waals surface area (Å²) in [4.78, 5) is 0. The molecular formula is C22H46. The molecule has 0 fully saturated rings. The first-order valence-electron chi connectivity index (χ1n) is 11.4. The van der Waals surface area contributed by atoms with E-state index < -0.39 is 0 Å². The first-order valence-corrected chi connectivity index (χ1v) is 10.7. The lowest BCUT2D eigenvalue weighted by molar-refractivity contribution is 0.523. The van der Waals surface area contributed by atoms with Gasteiger partial charge in [0.2, 0.25) is 0 Å². The molecule has 0 aromatic heterocycles. The molecule has 0 atom stereocenters. The van der Waals surface area contributed by atoms with Crippen LogP contribution in [0.4, 0.5) is 0 Å². The van der Waals surface area contributed by atoms with Gasteiger partial charge in [-0.1, -0.05) is 142 Å². The molecule has 0 amide bonds. The van der Waals surface area contributed by atoms with Crippen molar-refractivity contribution in [3.63, 3.8) is 0 Å². The van der Waals surface area contributed by atoms with Crippen LogP contribution in [0.1, 0.15) is 144 Å². The fourth-order valence-electron chi connectivity index (χ4n) is 3.26. The van der Waals surface area contributed by atoms with Crippen LogP contribution in [0.15, 0.2) is 0 Å². The molecule has 0 heteroatoms. The Morgan fingerprint density at radius 1 is 0.364 bits per heavy atom. The maximum atomic E-state index is 7.11. The highest BCUT2D eigenvalue weighted by molar-refractivity contribution is 4.50. The summed E-state index contributed by atoms with van der Waals surface area (Å²) in [6, 6.07) is 0. The van der Waals surface area contributed by atoms with Gasteiger partial charge in [0.15, 0.2) is 0 Å². The molecule has 0 aromatic carbocycles. The van der Waals surface area contributed by atoms with Crippen molar-refractivity contribution >= 4 is 0 Å². The SMILES string of the molecule is [3H]CCCCCCCCCCCCCCCCCCCCCC. The number of hydrogen-bond acceptors (Lipinski definition) is 0. The normalized spacial score (nSPS) is 11.8. The van der Waals surface area contributed by atoms with Gasteiger partial charge in [0.25, 0.3) is 0 Å². The van der Waals surface area contributed by atoms with E-state index in [0.717, 1.165) is 6.42 Å². The minimum atomic E-state index is 0.624. The molecule has 0 aliphatic carbocycles. The molecule has 0 aliphatic rings. The van der Waals surface area contributed by atoms with Crippen molar-refractivity contribution in [2.75, 3.05) is 0 Å². The molecule has 22 heavy (non-hydrogen) atoms. The smallest absolute Gasteiger partial charge is 0.0230 e. The Balaban J connectivity index is 2.92. The third-order valence-electron chi connectivity index (χ3n) is 4.85. The monoisotopic (exact) mass is 312 g/mol. The molecule has 0 rings (SSSR count). The van der Waals surface area contributed by atoms with Crippen molar-refractivity contribution in [3.8, 4) is 0 Å². The summed E-state index contributed by atoms with van der Waals surface area (Å²) in [6.45, 7) is 2.92. The van der Waals surface area contributed by atoms with Gasteiger partial charge in [0.05, 0.1) is 0 Å². The van der Waals surface area contributed by atoms with E-state index in [0.29, 0.717) is 6.90 Å². The second-order valence-electron chi connectivity index (χ2n) is 7.22. The number of rotatable bonds is 19. The van der Waals surface area contributed by atoms with Crippen molar-refractivity contribution in [2.45, 2.75) is 142 Å². The predicted octanol–water partition coefficient (Wildman–Crippen LogP) is 8.83. The van der Waals surface area contributed by atoms with Crippen molar-refractivity contribution in [1.29, 1.82) is 0 Å². The predicted molar refractivity (Wildman–Crippen MR) is 104 cm³/mol. The minimum absolute atomic E-state index is 0.624. The fourth-order valence-corrected chi connectivity index (χ4v) is 3.26. The van der Waals surface area contributed by atoms with E-state index in [2.05, 4.69) is 6.92 Å². The first kappa shape index (κ1) is 20.0. The summed E-state index contributed by atoms with van der Waals surface area (Å²) < 4.78 is 7.11. The third kappa shape index (κ3) is 20.0. The summed E-state index contributed by atoms with van der Waals surface area (Å²) >= 11 is 0. The molecule has 0 aromatic rings. The Labute approximate surface area is 144 Å². The van der Waals surface area contributed by atoms with Crippen molar-refractivity contribution in [1.82, 2.24) is 0 Å². The molecule has 0 radical (unpaired) electrons. The summed E-state index contributed by atoms with van der Waals surface area (Å²) in [7, 11) is 0. The quantitative estimate of drug-likeness (QED) is 0.209. The lowest BCUT2D eigenvalue weighted by Gasteiger charge is -2.03. The zero-order chi connectivity index (χ0) is 16.8. The van der Waals surface area contributed by atoms with Gasteiger partial charge < -0.3 is 0 Å². The average molecular weight is 313 g/mol. The topological polar surface area (TPSA) is 0 Å². The van der Waals surface area contributed by atoms with E-state index in [4.69, 9.17) is 1.37 Å². The summed E-state index contributed by atoms with van der Waals surface area (Å²) in [5.41, 5.74) is 0. The average Bonchev–Trinajstić information content (AvgIpc) is 2.57. The van der Waals surface area contributed by atoms with E-state index in [1.54, 1.807) is 0 Å². The fraction of sp³-hybridized carbons (Fsp3) is 1.00. The molecular weight excluding hydrogens is 264 g/mol. The summed E-state index contributed by atoms with van der Waals surface area (Å²) in [5, 5.41) is 0. The summed E-state index contributed by atoms with van der Waals surface area (Å²) in [6.07, 6.45) is 28.5. The van der Waals surface area contributed by atoms with Crippen molar-refractivity contribution in [3.05, 3.63) is 0 Å². The van der Waals surface area contributed by atoms with E-state index in [-0.39, 0.29) is 0 Å². The van der Waals surface area contributed by atoms with Crippen LogP contribution in [0, 0.1) is 0 Å². The maximum Gasteiger partial charge on any atom is 0.0230 e. The van der Waals surface area contributed by atoms with Gasteiger partial charge >= 0.3 is 0 Å². The van der Waals surface area contributed by atoms with Gasteiger partial charge in [-0.2, -0.15) is 0 Å². The molecule has 134 valence electrons. The van der Waals surface area contributed by atoms with E-state index >= 15 is 0 Å². The van der Waals surface area contributed by atoms with Crippen LogP contribution in [-0.4, -0.2) is 0 Å². The molecule has 0 aliphatic heterocycles. The van der Waals surface area contributed by atoms with E-state index in [1.165, 1.54) is 122 Å². The minimum Gasteiger partial charge on any atom is -0.0654 e. The van der Waals surface area contributed by atoms with Crippen LogP contribution in [0.3, 0.4) is 0 Å². The molecule has 0 saturated heterocycles. The van der Waals surface area contributed by atoms with Gasteiger partial charge in [-0.15, -0.1) is 0 Å². The number of unbranched alkanes of at least 4 members (excludes halogenated alkanes) is 19. The largest absolute Gasteiger partial charge is 0.0654 e. The van der Waals surface area contributed by atoms with Gasteiger partial charge in [-0.25, -0.2) is 0 Å². The van der Waals surface area contributed by atoms with Gasteiger partial charge in [0, 0.05) is 1.37 Å². The zero-order valence-corrected chi connectivity index (χ0v) is 15.8. The highest BCUT2D eigenvalue weighted by Gasteiger charge is 1.94. The Morgan fingerprint density at radius 2 is 0.591 bits per heavy atom. The van der Waals surface area contributed by atoms with Gasteiger partial charge in [-0.3, -0.25) is 0 Å². The molecule has 0 heterocycles. The molecule has 0 saturated carbocycles. The highest BCUT2D eigenvalue weighted by Crippen LogP contribution is 2.14. The van der Waals surface area contributed by atoms with Crippen LogP contribution < -0.4 is 0 Å². The standard InChI is InChI=1S/C22H46/c1-3-5-7-9-11-13-15-17-19-21-22-20-18-16-14-12-10-8-6-4-2/h3-22H2,1-2H3/i1T. The van der Waals surface area contributed by atoms with Crippen LogP contribution in [0.2, 0.25) is 0 Å². The molecule has 0 spiro atoms. The third-order valence-corrected chi connectivity index (χ3v) is 4.85. The molecule has 0 unspecified atom stereocenters.